The highest BCUT2D eigenvalue weighted by atomic mass is 16.3. The number of fused-ring (bicyclic) bond motifs is 3. The van der Waals surface area contributed by atoms with Crippen molar-refractivity contribution in [2.45, 2.75) is 26.3 Å². The third kappa shape index (κ3) is 3.10. The van der Waals surface area contributed by atoms with Crippen molar-refractivity contribution in [3.05, 3.63) is 83.2 Å². The molecule has 1 aliphatic carbocycles. The van der Waals surface area contributed by atoms with Crippen molar-refractivity contribution in [3.63, 3.8) is 0 Å². The molecule has 0 unspecified atom stereocenters. The highest BCUT2D eigenvalue weighted by molar-refractivity contribution is 5.95. The summed E-state index contributed by atoms with van der Waals surface area (Å²) in [6.45, 7) is 2.16. The van der Waals surface area contributed by atoms with Gasteiger partial charge in [-0.1, -0.05) is 24.3 Å². The minimum atomic E-state index is -0.214. The van der Waals surface area contributed by atoms with E-state index in [1.807, 2.05) is 25.3 Å². The van der Waals surface area contributed by atoms with Gasteiger partial charge >= 0.3 is 0 Å². The van der Waals surface area contributed by atoms with Crippen molar-refractivity contribution in [1.82, 2.24) is 25.1 Å². The maximum Gasteiger partial charge on any atom is 0.255 e. The SMILES string of the molecule is Cc1c(C(=O)NCc2ccco2)cnn1-c1ncc2c(n1)-c1ccccc1CC2. The molecule has 3 heterocycles. The van der Waals surface area contributed by atoms with Gasteiger partial charge in [0.15, 0.2) is 0 Å². The van der Waals surface area contributed by atoms with E-state index < -0.39 is 0 Å². The number of aryl methyl sites for hydroxylation is 2. The molecule has 7 nitrogen and oxygen atoms in total. The number of carbonyl (C=O) groups is 1. The largest absolute Gasteiger partial charge is 0.467 e. The first-order chi connectivity index (χ1) is 14.2. The zero-order valence-corrected chi connectivity index (χ0v) is 15.9. The summed E-state index contributed by atoms with van der Waals surface area (Å²) >= 11 is 0. The van der Waals surface area contributed by atoms with E-state index in [9.17, 15) is 4.79 Å². The van der Waals surface area contributed by atoms with Gasteiger partial charge in [-0.2, -0.15) is 5.10 Å². The second-order valence-corrected chi connectivity index (χ2v) is 7.02. The fraction of sp³-hybridized carbons (Fsp3) is 0.182. The summed E-state index contributed by atoms with van der Waals surface area (Å²) in [5.41, 5.74) is 5.67. The smallest absolute Gasteiger partial charge is 0.255 e. The lowest BCUT2D eigenvalue weighted by Gasteiger charge is -2.18. The number of amides is 1. The second kappa shape index (κ2) is 7.01. The summed E-state index contributed by atoms with van der Waals surface area (Å²) < 4.78 is 6.86. The van der Waals surface area contributed by atoms with Gasteiger partial charge in [-0.05, 0) is 43.0 Å². The van der Waals surface area contributed by atoms with Crippen LogP contribution in [0.2, 0.25) is 0 Å². The van der Waals surface area contributed by atoms with Gasteiger partial charge in [-0.25, -0.2) is 14.6 Å². The normalized spacial score (nSPS) is 12.3. The van der Waals surface area contributed by atoms with Gasteiger partial charge in [0.25, 0.3) is 11.9 Å². The zero-order valence-electron chi connectivity index (χ0n) is 15.9. The van der Waals surface area contributed by atoms with Crippen LogP contribution in [0.4, 0.5) is 0 Å². The molecule has 1 amide bonds. The van der Waals surface area contributed by atoms with E-state index in [0.717, 1.165) is 29.7 Å². The highest BCUT2D eigenvalue weighted by Gasteiger charge is 2.21. The molecule has 29 heavy (non-hydrogen) atoms. The monoisotopic (exact) mass is 385 g/mol. The van der Waals surface area contributed by atoms with Gasteiger partial charge in [0, 0.05) is 11.8 Å². The van der Waals surface area contributed by atoms with Crippen molar-refractivity contribution < 1.29 is 9.21 Å². The minimum Gasteiger partial charge on any atom is -0.467 e. The summed E-state index contributed by atoms with van der Waals surface area (Å²) in [6, 6.07) is 11.9. The summed E-state index contributed by atoms with van der Waals surface area (Å²) in [4.78, 5) is 21.8. The van der Waals surface area contributed by atoms with E-state index >= 15 is 0 Å². The Balaban J connectivity index is 1.45. The molecule has 0 saturated heterocycles. The molecule has 0 atom stereocenters. The Hall–Kier alpha value is -3.74. The number of hydrogen-bond donors (Lipinski definition) is 1. The van der Waals surface area contributed by atoms with Crippen molar-refractivity contribution in [2.24, 2.45) is 0 Å². The van der Waals surface area contributed by atoms with Crippen LogP contribution in [-0.4, -0.2) is 25.7 Å². The quantitative estimate of drug-likeness (QED) is 0.583. The molecule has 5 rings (SSSR count). The summed E-state index contributed by atoms with van der Waals surface area (Å²) in [7, 11) is 0. The number of benzene rings is 1. The van der Waals surface area contributed by atoms with Gasteiger partial charge in [-0.3, -0.25) is 4.79 Å². The molecule has 1 aliphatic rings. The number of rotatable bonds is 4. The van der Waals surface area contributed by atoms with Crippen molar-refractivity contribution >= 4 is 5.91 Å². The van der Waals surface area contributed by atoms with E-state index in [1.54, 1.807) is 23.2 Å². The molecule has 0 fully saturated rings. The fourth-order valence-corrected chi connectivity index (χ4v) is 3.66. The number of aromatic nitrogens is 4. The lowest BCUT2D eigenvalue weighted by molar-refractivity contribution is 0.0947. The number of carbonyl (C=O) groups excluding carboxylic acids is 1. The molecule has 1 aromatic carbocycles. The van der Waals surface area contributed by atoms with Gasteiger partial charge in [0.05, 0.1) is 36.0 Å². The Kier molecular flexibility index (Phi) is 4.20. The standard InChI is InChI=1S/C22H19N5O2/c1-14-19(21(28)23-12-17-6-4-10-29-17)13-25-27(14)22-24-11-16-9-8-15-5-2-3-7-18(15)20(16)26-22/h2-7,10-11,13H,8-9,12H2,1H3,(H,23,28). The molecule has 4 aromatic rings. The first kappa shape index (κ1) is 17.4. The number of hydrogen-bond acceptors (Lipinski definition) is 5. The summed E-state index contributed by atoms with van der Waals surface area (Å²) in [5, 5.41) is 7.21. The van der Waals surface area contributed by atoms with Gasteiger partial charge in [0.2, 0.25) is 0 Å². The number of nitrogens with one attached hydrogen (secondary N) is 1. The maximum atomic E-state index is 12.6. The Morgan fingerprint density at radius 1 is 1.14 bits per heavy atom. The molecule has 0 spiro atoms. The van der Waals surface area contributed by atoms with Gasteiger partial charge in [0.1, 0.15) is 5.76 Å². The van der Waals surface area contributed by atoms with Crippen molar-refractivity contribution in [3.8, 4) is 17.2 Å². The maximum absolute atomic E-state index is 12.6. The Morgan fingerprint density at radius 3 is 2.86 bits per heavy atom. The predicted molar refractivity (Wildman–Crippen MR) is 107 cm³/mol. The Morgan fingerprint density at radius 2 is 2.00 bits per heavy atom. The Bertz CT molecular complexity index is 1190. The number of nitrogens with zero attached hydrogens (tertiary/aromatic N) is 4. The van der Waals surface area contributed by atoms with E-state index in [4.69, 9.17) is 9.40 Å². The van der Waals surface area contributed by atoms with E-state index in [0.29, 0.717) is 29.5 Å². The minimum absolute atomic E-state index is 0.214. The average molecular weight is 385 g/mol. The lowest BCUT2D eigenvalue weighted by atomic mass is 9.90. The van der Waals surface area contributed by atoms with Crippen molar-refractivity contribution in [2.75, 3.05) is 0 Å². The average Bonchev–Trinajstić information content (AvgIpc) is 3.41. The van der Waals surface area contributed by atoms with Crippen LogP contribution in [0.1, 0.15) is 32.9 Å². The van der Waals surface area contributed by atoms with Gasteiger partial charge in [-0.15, -0.1) is 0 Å². The van der Waals surface area contributed by atoms with E-state index in [1.165, 1.54) is 5.56 Å². The second-order valence-electron chi connectivity index (χ2n) is 7.02. The Labute approximate surface area is 167 Å². The summed E-state index contributed by atoms with van der Waals surface area (Å²) in [6.07, 6.45) is 6.91. The molecule has 7 heteroatoms. The molecule has 0 bridgehead atoms. The first-order valence-corrected chi connectivity index (χ1v) is 9.50. The van der Waals surface area contributed by atoms with Crippen LogP contribution >= 0.6 is 0 Å². The van der Waals surface area contributed by atoms with E-state index in [2.05, 4.69) is 33.6 Å². The van der Waals surface area contributed by atoms with Crippen molar-refractivity contribution in [1.29, 1.82) is 0 Å². The zero-order chi connectivity index (χ0) is 19.8. The number of furan rings is 1. The molecule has 144 valence electrons. The highest BCUT2D eigenvalue weighted by Crippen LogP contribution is 2.31. The molecule has 1 N–H and O–H groups in total. The van der Waals surface area contributed by atoms with Gasteiger partial charge < -0.3 is 9.73 Å². The summed E-state index contributed by atoms with van der Waals surface area (Å²) in [5.74, 6) is 0.941. The van der Waals surface area contributed by atoms with Crippen LogP contribution in [-0.2, 0) is 19.4 Å². The van der Waals surface area contributed by atoms with E-state index in [-0.39, 0.29) is 5.91 Å². The molecule has 0 radical (unpaired) electrons. The predicted octanol–water partition coefficient (Wildman–Crippen LogP) is 3.26. The van der Waals surface area contributed by atoms with Crippen LogP contribution in [0.5, 0.6) is 0 Å². The molecular formula is C22H19N5O2. The first-order valence-electron chi connectivity index (χ1n) is 9.50. The van der Waals surface area contributed by atoms with Crippen LogP contribution in [0.15, 0.2) is 59.5 Å². The van der Waals surface area contributed by atoms with Crippen LogP contribution < -0.4 is 5.32 Å². The van der Waals surface area contributed by atoms with Crippen LogP contribution in [0.25, 0.3) is 17.2 Å². The molecule has 0 saturated carbocycles. The molecule has 0 aliphatic heterocycles. The lowest BCUT2D eigenvalue weighted by Crippen LogP contribution is -2.23. The van der Waals surface area contributed by atoms with Crippen LogP contribution in [0.3, 0.4) is 0 Å². The fourth-order valence-electron chi connectivity index (χ4n) is 3.66. The molecular weight excluding hydrogens is 366 g/mol. The van der Waals surface area contributed by atoms with Crippen LogP contribution in [0, 0.1) is 6.92 Å². The topological polar surface area (TPSA) is 85.8 Å². The molecule has 3 aromatic heterocycles. The third-order valence-corrected chi connectivity index (χ3v) is 5.24. The third-order valence-electron chi connectivity index (χ3n) is 5.24.